The van der Waals surface area contributed by atoms with E-state index in [2.05, 4.69) is 22.5 Å². The maximum Gasteiger partial charge on any atom is 0.191 e. The van der Waals surface area contributed by atoms with Crippen molar-refractivity contribution in [1.82, 2.24) is 10.6 Å². The number of hydrogen-bond donors (Lipinski definition) is 2. The molecule has 0 heterocycles. The van der Waals surface area contributed by atoms with Crippen LogP contribution in [0.15, 0.2) is 4.99 Å². The van der Waals surface area contributed by atoms with E-state index < -0.39 is 0 Å². The second-order valence-corrected chi connectivity index (χ2v) is 4.27. The molecule has 17 heavy (non-hydrogen) atoms. The molecule has 0 amide bonds. The third-order valence-corrected chi connectivity index (χ3v) is 2.68. The van der Waals surface area contributed by atoms with Gasteiger partial charge in [-0.05, 0) is 25.7 Å². The van der Waals surface area contributed by atoms with Crippen LogP contribution < -0.4 is 10.6 Å². The summed E-state index contributed by atoms with van der Waals surface area (Å²) in [4.78, 5) is 4.52. The van der Waals surface area contributed by atoms with Crippen molar-refractivity contribution in [3.8, 4) is 0 Å². The summed E-state index contributed by atoms with van der Waals surface area (Å²) in [6.45, 7) is 5.44. The van der Waals surface area contributed by atoms with Gasteiger partial charge in [-0.3, -0.25) is 4.99 Å². The molecule has 4 nitrogen and oxygen atoms in total. The van der Waals surface area contributed by atoms with Crippen LogP contribution in [0.1, 0.15) is 32.6 Å². The second kappa shape index (κ2) is 11.1. The largest absolute Gasteiger partial charge is 0.383 e. The lowest BCUT2D eigenvalue weighted by Gasteiger charge is -2.10. The van der Waals surface area contributed by atoms with Crippen LogP contribution >= 0.6 is 24.0 Å². The quantitative estimate of drug-likeness (QED) is 0.303. The smallest absolute Gasteiger partial charge is 0.191 e. The van der Waals surface area contributed by atoms with Crippen LogP contribution in [0.2, 0.25) is 0 Å². The topological polar surface area (TPSA) is 45.7 Å². The van der Waals surface area contributed by atoms with E-state index in [0.29, 0.717) is 6.61 Å². The molecule has 0 saturated heterocycles. The van der Waals surface area contributed by atoms with Crippen LogP contribution in [0.4, 0.5) is 0 Å². The molecule has 1 saturated carbocycles. The summed E-state index contributed by atoms with van der Waals surface area (Å²) in [5.74, 6) is 1.93. The van der Waals surface area contributed by atoms with Gasteiger partial charge in [0.25, 0.3) is 0 Å². The zero-order valence-electron chi connectivity index (χ0n) is 11.0. The van der Waals surface area contributed by atoms with Crippen molar-refractivity contribution in [1.29, 1.82) is 0 Å². The van der Waals surface area contributed by atoms with E-state index in [1.54, 1.807) is 7.11 Å². The minimum absolute atomic E-state index is 0. The lowest BCUT2D eigenvalue weighted by atomic mass is 10.2. The molecule has 1 aliphatic carbocycles. The maximum atomic E-state index is 4.99. The Morgan fingerprint density at radius 3 is 2.71 bits per heavy atom. The summed E-state index contributed by atoms with van der Waals surface area (Å²) in [5, 5.41) is 6.47. The molecule has 0 radical (unpaired) electrons. The van der Waals surface area contributed by atoms with E-state index in [4.69, 9.17) is 4.74 Å². The van der Waals surface area contributed by atoms with E-state index in [0.717, 1.165) is 31.5 Å². The molecule has 0 aromatic carbocycles. The zero-order chi connectivity index (χ0) is 11.6. The Morgan fingerprint density at radius 1 is 1.35 bits per heavy atom. The highest BCUT2D eigenvalue weighted by Crippen LogP contribution is 2.33. The Kier molecular flexibility index (Phi) is 11.0. The van der Waals surface area contributed by atoms with Gasteiger partial charge in [0.2, 0.25) is 0 Å². The molecule has 0 atom stereocenters. The van der Waals surface area contributed by atoms with Gasteiger partial charge in [0.15, 0.2) is 5.96 Å². The van der Waals surface area contributed by atoms with Gasteiger partial charge in [-0.2, -0.15) is 0 Å². The summed E-state index contributed by atoms with van der Waals surface area (Å²) in [5.41, 5.74) is 0. The molecule has 0 unspecified atom stereocenters. The summed E-state index contributed by atoms with van der Waals surface area (Å²) in [6, 6.07) is 0. The lowest BCUT2D eigenvalue weighted by Crippen LogP contribution is -2.39. The van der Waals surface area contributed by atoms with Gasteiger partial charge in [0.05, 0.1) is 6.61 Å². The maximum absolute atomic E-state index is 4.99. The number of halogens is 1. The lowest BCUT2D eigenvalue weighted by molar-refractivity contribution is 0.203. The predicted molar refractivity (Wildman–Crippen MR) is 83.2 cm³/mol. The third kappa shape index (κ3) is 9.64. The molecule has 1 fully saturated rings. The van der Waals surface area contributed by atoms with E-state index >= 15 is 0 Å². The molecular formula is C12H26IN3O. The summed E-state index contributed by atoms with van der Waals surface area (Å²) >= 11 is 0. The van der Waals surface area contributed by atoms with Crippen molar-refractivity contribution in [2.75, 3.05) is 33.4 Å². The minimum Gasteiger partial charge on any atom is -0.383 e. The van der Waals surface area contributed by atoms with Crippen LogP contribution in [0, 0.1) is 5.92 Å². The Balaban J connectivity index is 0.00000256. The van der Waals surface area contributed by atoms with Gasteiger partial charge in [-0.25, -0.2) is 0 Å². The molecule has 1 rings (SSSR count). The average Bonchev–Trinajstić information content (AvgIpc) is 3.08. The van der Waals surface area contributed by atoms with Gasteiger partial charge in [0.1, 0.15) is 0 Å². The highest BCUT2D eigenvalue weighted by Gasteiger charge is 2.19. The monoisotopic (exact) mass is 355 g/mol. The van der Waals surface area contributed by atoms with Crippen molar-refractivity contribution < 1.29 is 4.74 Å². The molecule has 102 valence electrons. The van der Waals surface area contributed by atoms with E-state index in [-0.39, 0.29) is 24.0 Å². The molecule has 0 aromatic heterocycles. The first-order valence-corrected chi connectivity index (χ1v) is 6.38. The van der Waals surface area contributed by atoms with Gasteiger partial charge in [-0.15, -0.1) is 24.0 Å². The predicted octanol–water partition coefficient (Wildman–Crippen LogP) is 2.00. The Morgan fingerprint density at radius 2 is 2.12 bits per heavy atom. The fourth-order valence-corrected chi connectivity index (χ4v) is 1.59. The standard InChI is InChI=1S/C12H25N3O.HI/c1-3-13-12(15-9-10-16-2)14-8-4-5-11-6-7-11;/h11H,3-10H2,1-2H3,(H2,13,14,15);1H. The molecular weight excluding hydrogens is 329 g/mol. The Labute approximate surface area is 122 Å². The number of nitrogens with zero attached hydrogens (tertiary/aromatic N) is 1. The number of rotatable bonds is 8. The highest BCUT2D eigenvalue weighted by molar-refractivity contribution is 14.0. The Hall–Kier alpha value is -0.0400. The zero-order valence-corrected chi connectivity index (χ0v) is 13.3. The van der Waals surface area contributed by atoms with E-state index in [1.165, 1.54) is 25.7 Å². The third-order valence-electron chi connectivity index (χ3n) is 2.68. The van der Waals surface area contributed by atoms with Crippen LogP contribution in [0.3, 0.4) is 0 Å². The van der Waals surface area contributed by atoms with Gasteiger partial charge >= 0.3 is 0 Å². The first-order valence-electron chi connectivity index (χ1n) is 6.38. The number of ether oxygens (including phenoxy) is 1. The summed E-state index contributed by atoms with van der Waals surface area (Å²) < 4.78 is 4.99. The minimum atomic E-state index is 0. The summed E-state index contributed by atoms with van der Waals surface area (Å²) in [6.07, 6.45) is 5.44. The average molecular weight is 355 g/mol. The fourth-order valence-electron chi connectivity index (χ4n) is 1.59. The molecule has 5 heteroatoms. The highest BCUT2D eigenvalue weighted by atomic mass is 127. The van der Waals surface area contributed by atoms with Crippen molar-refractivity contribution in [2.45, 2.75) is 32.6 Å². The molecule has 0 aromatic rings. The van der Waals surface area contributed by atoms with Gasteiger partial charge in [-0.1, -0.05) is 12.8 Å². The summed E-state index contributed by atoms with van der Waals surface area (Å²) in [7, 11) is 1.71. The molecule has 0 bridgehead atoms. The van der Waals surface area contributed by atoms with E-state index in [1.807, 2.05) is 0 Å². The first kappa shape index (κ1) is 17.0. The van der Waals surface area contributed by atoms with Crippen LogP contribution in [-0.4, -0.2) is 39.3 Å². The molecule has 0 spiro atoms. The fraction of sp³-hybridized carbons (Fsp3) is 0.917. The normalized spacial score (nSPS) is 15.3. The van der Waals surface area contributed by atoms with Crippen molar-refractivity contribution in [2.24, 2.45) is 10.9 Å². The molecule has 1 aliphatic rings. The number of nitrogens with one attached hydrogen (secondary N) is 2. The van der Waals surface area contributed by atoms with Crippen LogP contribution in [-0.2, 0) is 4.74 Å². The van der Waals surface area contributed by atoms with Crippen LogP contribution in [0.25, 0.3) is 0 Å². The van der Waals surface area contributed by atoms with Crippen molar-refractivity contribution >= 4 is 29.9 Å². The van der Waals surface area contributed by atoms with Crippen LogP contribution in [0.5, 0.6) is 0 Å². The second-order valence-electron chi connectivity index (χ2n) is 4.27. The van der Waals surface area contributed by atoms with Crippen molar-refractivity contribution in [3.05, 3.63) is 0 Å². The molecule has 0 aliphatic heterocycles. The van der Waals surface area contributed by atoms with Gasteiger partial charge in [0, 0.05) is 26.7 Å². The van der Waals surface area contributed by atoms with Gasteiger partial charge < -0.3 is 15.4 Å². The number of methoxy groups -OCH3 is 1. The van der Waals surface area contributed by atoms with E-state index in [9.17, 15) is 0 Å². The van der Waals surface area contributed by atoms with Crippen molar-refractivity contribution in [3.63, 3.8) is 0 Å². The SMILES string of the molecule is CCNC(=NCCCC1CC1)NCCOC.I. The number of aliphatic imine (C=N–C) groups is 1. The number of guanidine groups is 1. The number of hydrogen-bond acceptors (Lipinski definition) is 2. The molecule has 2 N–H and O–H groups in total. The Bertz CT molecular complexity index is 208. The first-order chi connectivity index (χ1) is 7.86.